The van der Waals surface area contributed by atoms with Crippen LogP contribution in [0.3, 0.4) is 0 Å². The van der Waals surface area contributed by atoms with E-state index in [0.717, 1.165) is 43.5 Å². The molecule has 1 fully saturated rings. The van der Waals surface area contributed by atoms with Gasteiger partial charge in [0.15, 0.2) is 5.82 Å². The van der Waals surface area contributed by atoms with Crippen LogP contribution in [-0.2, 0) is 4.74 Å². The van der Waals surface area contributed by atoms with E-state index in [1.54, 1.807) is 0 Å². The van der Waals surface area contributed by atoms with E-state index in [1.807, 2.05) is 29.8 Å². The van der Waals surface area contributed by atoms with E-state index in [2.05, 4.69) is 15.0 Å². The third kappa shape index (κ3) is 1.53. The van der Waals surface area contributed by atoms with Crippen molar-refractivity contribution in [2.75, 3.05) is 31.2 Å². The van der Waals surface area contributed by atoms with Crippen LogP contribution in [0.25, 0.3) is 5.52 Å². The van der Waals surface area contributed by atoms with Gasteiger partial charge < -0.3 is 9.64 Å². The van der Waals surface area contributed by atoms with E-state index < -0.39 is 0 Å². The van der Waals surface area contributed by atoms with Crippen molar-refractivity contribution in [3.8, 4) is 0 Å². The second kappa shape index (κ2) is 3.75. The molecule has 0 atom stereocenters. The summed E-state index contributed by atoms with van der Waals surface area (Å²) >= 11 is 0. The van der Waals surface area contributed by atoms with Gasteiger partial charge >= 0.3 is 0 Å². The third-order valence-electron chi connectivity index (χ3n) is 2.79. The average Bonchev–Trinajstić information content (AvgIpc) is 2.77. The molecular weight excluding hydrogens is 204 g/mol. The smallest absolute Gasteiger partial charge is 0.156 e. The zero-order valence-electron chi connectivity index (χ0n) is 9.26. The lowest BCUT2D eigenvalue weighted by Crippen LogP contribution is -2.37. The molecule has 2 aromatic rings. The van der Waals surface area contributed by atoms with Crippen molar-refractivity contribution in [1.29, 1.82) is 0 Å². The molecule has 3 heterocycles. The van der Waals surface area contributed by atoms with Crippen LogP contribution in [0.15, 0.2) is 18.3 Å². The van der Waals surface area contributed by atoms with Crippen molar-refractivity contribution in [2.45, 2.75) is 6.92 Å². The highest BCUT2D eigenvalue weighted by Crippen LogP contribution is 2.19. The van der Waals surface area contributed by atoms with Crippen LogP contribution in [-0.4, -0.2) is 40.9 Å². The Balaban J connectivity index is 2.09. The van der Waals surface area contributed by atoms with Crippen LogP contribution in [0.4, 0.5) is 5.82 Å². The lowest BCUT2D eigenvalue weighted by molar-refractivity contribution is 0.122. The maximum absolute atomic E-state index is 5.35. The quantitative estimate of drug-likeness (QED) is 0.712. The third-order valence-corrected chi connectivity index (χ3v) is 2.79. The molecule has 3 rings (SSSR count). The predicted molar refractivity (Wildman–Crippen MR) is 60.8 cm³/mol. The molecule has 0 saturated carbocycles. The zero-order chi connectivity index (χ0) is 11.0. The first-order chi connectivity index (χ1) is 7.84. The first-order valence-electron chi connectivity index (χ1n) is 5.49. The Morgan fingerprint density at radius 1 is 1.31 bits per heavy atom. The molecule has 5 nitrogen and oxygen atoms in total. The summed E-state index contributed by atoms with van der Waals surface area (Å²) in [5.41, 5.74) is 1.06. The van der Waals surface area contributed by atoms with E-state index in [0.29, 0.717) is 0 Å². The van der Waals surface area contributed by atoms with Crippen molar-refractivity contribution in [1.82, 2.24) is 14.6 Å². The minimum absolute atomic E-state index is 0.774. The van der Waals surface area contributed by atoms with Gasteiger partial charge in [0.25, 0.3) is 0 Å². The molecule has 0 aromatic carbocycles. The Morgan fingerprint density at radius 3 is 2.94 bits per heavy atom. The van der Waals surface area contributed by atoms with Gasteiger partial charge in [-0.25, -0.2) is 9.50 Å². The van der Waals surface area contributed by atoms with Gasteiger partial charge in [0.2, 0.25) is 0 Å². The van der Waals surface area contributed by atoms with Gasteiger partial charge in [-0.3, -0.25) is 0 Å². The highest BCUT2D eigenvalue weighted by Gasteiger charge is 2.16. The summed E-state index contributed by atoms with van der Waals surface area (Å²) in [6.45, 7) is 5.27. The van der Waals surface area contributed by atoms with Crippen LogP contribution in [0.2, 0.25) is 0 Å². The molecule has 5 heteroatoms. The summed E-state index contributed by atoms with van der Waals surface area (Å²) in [4.78, 5) is 6.79. The molecular formula is C11H14N4O. The van der Waals surface area contributed by atoms with E-state index in [9.17, 15) is 0 Å². The highest BCUT2D eigenvalue weighted by molar-refractivity contribution is 5.68. The summed E-state index contributed by atoms with van der Waals surface area (Å²) in [6, 6.07) is 4.04. The number of anilines is 1. The maximum Gasteiger partial charge on any atom is 0.156 e. The lowest BCUT2D eigenvalue weighted by atomic mass is 10.4. The number of rotatable bonds is 1. The monoisotopic (exact) mass is 218 g/mol. The fourth-order valence-corrected chi connectivity index (χ4v) is 2.03. The van der Waals surface area contributed by atoms with Crippen molar-refractivity contribution >= 4 is 11.3 Å². The fraction of sp³-hybridized carbons (Fsp3) is 0.455. The molecule has 0 unspecified atom stereocenters. The minimum Gasteiger partial charge on any atom is -0.378 e. The molecule has 0 radical (unpaired) electrons. The lowest BCUT2D eigenvalue weighted by Gasteiger charge is -2.28. The molecule has 0 N–H and O–H groups in total. The van der Waals surface area contributed by atoms with Crippen molar-refractivity contribution < 1.29 is 4.74 Å². The van der Waals surface area contributed by atoms with Gasteiger partial charge in [-0.15, -0.1) is 0 Å². The highest BCUT2D eigenvalue weighted by atomic mass is 16.5. The summed E-state index contributed by atoms with van der Waals surface area (Å²) in [6.07, 6.45) is 1.95. The number of aryl methyl sites for hydroxylation is 1. The molecule has 1 aliphatic heterocycles. The predicted octanol–water partition coefficient (Wildman–Crippen LogP) is 0.874. The van der Waals surface area contributed by atoms with Crippen LogP contribution in [0.5, 0.6) is 0 Å². The van der Waals surface area contributed by atoms with Crippen molar-refractivity contribution in [3.05, 3.63) is 24.2 Å². The SMILES string of the molecule is Cc1nc(N2CCOCC2)c2cccn2n1. The largest absolute Gasteiger partial charge is 0.378 e. The van der Waals surface area contributed by atoms with Gasteiger partial charge in [0.05, 0.1) is 13.2 Å². The zero-order valence-corrected chi connectivity index (χ0v) is 9.26. The number of morpholine rings is 1. The van der Waals surface area contributed by atoms with Crippen molar-refractivity contribution in [2.24, 2.45) is 0 Å². The molecule has 1 aliphatic rings. The van der Waals surface area contributed by atoms with E-state index in [4.69, 9.17) is 4.74 Å². The topological polar surface area (TPSA) is 42.7 Å². The Morgan fingerprint density at radius 2 is 2.12 bits per heavy atom. The van der Waals surface area contributed by atoms with Gasteiger partial charge in [0, 0.05) is 19.3 Å². The summed E-state index contributed by atoms with van der Waals surface area (Å²) in [5, 5.41) is 4.34. The first-order valence-corrected chi connectivity index (χ1v) is 5.49. The van der Waals surface area contributed by atoms with Gasteiger partial charge in [0.1, 0.15) is 11.3 Å². The molecule has 0 amide bonds. The molecule has 0 aliphatic carbocycles. The van der Waals surface area contributed by atoms with Gasteiger partial charge in [-0.1, -0.05) is 0 Å². The standard InChI is InChI=1S/C11H14N4O/c1-9-12-11(14-5-7-16-8-6-14)10-3-2-4-15(10)13-9/h2-4H,5-8H2,1H3. The van der Waals surface area contributed by atoms with E-state index >= 15 is 0 Å². The molecule has 0 spiro atoms. The summed E-state index contributed by atoms with van der Waals surface area (Å²) < 4.78 is 7.24. The van der Waals surface area contributed by atoms with Crippen molar-refractivity contribution in [3.63, 3.8) is 0 Å². The molecule has 84 valence electrons. The summed E-state index contributed by atoms with van der Waals surface area (Å²) in [5.74, 6) is 1.81. The normalized spacial score (nSPS) is 16.9. The van der Waals surface area contributed by atoms with Crippen LogP contribution in [0.1, 0.15) is 5.82 Å². The second-order valence-electron chi connectivity index (χ2n) is 3.92. The number of hydrogen-bond donors (Lipinski definition) is 0. The first kappa shape index (κ1) is 9.59. The summed E-state index contributed by atoms with van der Waals surface area (Å²) in [7, 11) is 0. The Labute approximate surface area is 93.6 Å². The van der Waals surface area contributed by atoms with Crippen LogP contribution >= 0.6 is 0 Å². The average molecular weight is 218 g/mol. The molecule has 1 saturated heterocycles. The second-order valence-corrected chi connectivity index (χ2v) is 3.92. The van der Waals surface area contributed by atoms with Gasteiger partial charge in [-0.05, 0) is 19.1 Å². The number of ether oxygens (including phenoxy) is 1. The molecule has 0 bridgehead atoms. The Hall–Kier alpha value is -1.62. The number of aromatic nitrogens is 3. The number of hydrogen-bond acceptors (Lipinski definition) is 4. The van der Waals surface area contributed by atoms with E-state index in [1.165, 1.54) is 0 Å². The molecule has 16 heavy (non-hydrogen) atoms. The Bertz CT molecular complexity index is 502. The fourth-order valence-electron chi connectivity index (χ4n) is 2.03. The maximum atomic E-state index is 5.35. The molecule has 2 aromatic heterocycles. The minimum atomic E-state index is 0.774. The van der Waals surface area contributed by atoms with Gasteiger partial charge in [-0.2, -0.15) is 5.10 Å². The van der Waals surface area contributed by atoms with Crippen LogP contribution < -0.4 is 4.90 Å². The number of nitrogens with zero attached hydrogens (tertiary/aromatic N) is 4. The number of fused-ring (bicyclic) bond motifs is 1. The Kier molecular flexibility index (Phi) is 2.25. The van der Waals surface area contributed by atoms with E-state index in [-0.39, 0.29) is 0 Å². The van der Waals surface area contributed by atoms with Crippen LogP contribution in [0, 0.1) is 6.92 Å².